The van der Waals surface area contributed by atoms with Crippen LogP contribution in [0.2, 0.25) is 0 Å². The Kier molecular flexibility index (Phi) is 5.56. The monoisotopic (exact) mass is 327 g/mol. The van der Waals surface area contributed by atoms with Crippen molar-refractivity contribution in [2.24, 2.45) is 0 Å². The van der Waals surface area contributed by atoms with Crippen LogP contribution in [0.5, 0.6) is 0 Å². The Morgan fingerprint density at radius 3 is 2.41 bits per heavy atom. The van der Waals surface area contributed by atoms with Crippen LogP contribution in [0, 0.1) is 5.82 Å². The van der Waals surface area contributed by atoms with Gasteiger partial charge in [0.15, 0.2) is 9.84 Å². The molecule has 0 heterocycles. The van der Waals surface area contributed by atoms with Gasteiger partial charge in [0.2, 0.25) is 5.91 Å². The molecule has 0 aromatic heterocycles. The molecule has 0 radical (unpaired) electrons. The molecule has 22 heavy (non-hydrogen) atoms. The van der Waals surface area contributed by atoms with Crippen LogP contribution >= 0.6 is 0 Å². The van der Waals surface area contributed by atoms with E-state index >= 15 is 0 Å². The molecule has 1 aromatic carbocycles. The van der Waals surface area contributed by atoms with Gasteiger partial charge in [0.05, 0.1) is 5.75 Å². The highest BCUT2D eigenvalue weighted by Gasteiger charge is 2.29. The first-order chi connectivity index (χ1) is 10.4. The lowest BCUT2D eigenvalue weighted by atomic mass is 9.95. The van der Waals surface area contributed by atoms with Gasteiger partial charge in [-0.2, -0.15) is 0 Å². The lowest BCUT2D eigenvalue weighted by molar-refractivity contribution is -0.121. The maximum atomic E-state index is 12.9. The molecule has 1 aliphatic carbocycles. The summed E-state index contributed by atoms with van der Waals surface area (Å²) < 4.78 is 37.5. The van der Waals surface area contributed by atoms with E-state index in [-0.39, 0.29) is 11.8 Å². The Labute approximate surface area is 131 Å². The number of carbonyl (C=O) groups excluding carboxylic acids is 1. The first-order valence-electron chi connectivity index (χ1n) is 7.65. The van der Waals surface area contributed by atoms with Crippen LogP contribution in [0.15, 0.2) is 24.3 Å². The van der Waals surface area contributed by atoms with Crippen LogP contribution in [0.25, 0.3) is 0 Å². The summed E-state index contributed by atoms with van der Waals surface area (Å²) in [4.78, 5) is 12.2. The van der Waals surface area contributed by atoms with Crippen LogP contribution in [-0.4, -0.2) is 25.6 Å². The fourth-order valence-electron chi connectivity index (χ4n) is 2.67. The molecule has 0 bridgehead atoms. The minimum Gasteiger partial charge on any atom is -0.352 e. The smallest absolute Gasteiger partial charge is 0.238 e. The fraction of sp³-hybridized carbons (Fsp3) is 0.562. The number of nitrogens with one attached hydrogen (secondary N) is 1. The van der Waals surface area contributed by atoms with Crippen LogP contribution in [-0.2, 0) is 20.4 Å². The predicted molar refractivity (Wildman–Crippen MR) is 83.5 cm³/mol. The topological polar surface area (TPSA) is 63.2 Å². The van der Waals surface area contributed by atoms with E-state index < -0.39 is 26.8 Å². The molecule has 4 nitrogen and oxygen atoms in total. The number of benzene rings is 1. The average Bonchev–Trinajstić information content (AvgIpc) is 2.49. The van der Waals surface area contributed by atoms with Crippen molar-refractivity contribution in [3.8, 4) is 0 Å². The van der Waals surface area contributed by atoms with Gasteiger partial charge in [-0.1, -0.05) is 31.4 Å². The molecule has 1 amide bonds. The van der Waals surface area contributed by atoms with Gasteiger partial charge in [-0.25, -0.2) is 12.8 Å². The highest BCUT2D eigenvalue weighted by atomic mass is 32.2. The zero-order valence-electron chi connectivity index (χ0n) is 12.7. The van der Waals surface area contributed by atoms with Gasteiger partial charge in [-0.05, 0) is 37.5 Å². The van der Waals surface area contributed by atoms with E-state index in [9.17, 15) is 17.6 Å². The zero-order valence-corrected chi connectivity index (χ0v) is 13.5. The first kappa shape index (κ1) is 16.9. The summed E-state index contributed by atoms with van der Waals surface area (Å²) in [5.74, 6) is -1.11. The second-order valence-corrected chi connectivity index (χ2v) is 8.24. The molecule has 1 aliphatic rings. The zero-order chi connectivity index (χ0) is 16.2. The molecule has 2 rings (SSSR count). The number of hydrogen-bond acceptors (Lipinski definition) is 3. The summed E-state index contributed by atoms with van der Waals surface area (Å²) in [6.07, 6.45) is 5.14. The van der Waals surface area contributed by atoms with Crippen molar-refractivity contribution >= 4 is 15.7 Å². The van der Waals surface area contributed by atoms with Gasteiger partial charge >= 0.3 is 0 Å². The van der Waals surface area contributed by atoms with Crippen molar-refractivity contribution in [2.75, 3.05) is 0 Å². The number of halogens is 1. The minimum atomic E-state index is -3.61. The molecular formula is C16H22FNO3S. The Bertz CT molecular complexity index is 607. The van der Waals surface area contributed by atoms with Crippen molar-refractivity contribution in [3.63, 3.8) is 0 Å². The highest BCUT2D eigenvalue weighted by Crippen LogP contribution is 2.18. The summed E-state index contributed by atoms with van der Waals surface area (Å²) in [5.41, 5.74) is 0.485. The van der Waals surface area contributed by atoms with Crippen LogP contribution in [0.3, 0.4) is 0 Å². The van der Waals surface area contributed by atoms with E-state index in [4.69, 9.17) is 0 Å². The molecule has 1 N–H and O–H groups in total. The van der Waals surface area contributed by atoms with E-state index in [0.29, 0.717) is 5.56 Å². The summed E-state index contributed by atoms with van der Waals surface area (Å²) in [6, 6.07) is 5.39. The number of hydrogen-bond donors (Lipinski definition) is 1. The molecule has 0 aliphatic heterocycles. The summed E-state index contributed by atoms with van der Waals surface area (Å²) >= 11 is 0. The van der Waals surface area contributed by atoms with E-state index in [2.05, 4.69) is 5.32 Å². The normalized spacial score (nSPS) is 17.9. The van der Waals surface area contributed by atoms with Crippen LogP contribution in [0.1, 0.15) is 44.6 Å². The third-order valence-corrected chi connectivity index (χ3v) is 6.17. The lowest BCUT2D eigenvalue weighted by Gasteiger charge is -2.24. The van der Waals surface area contributed by atoms with Crippen molar-refractivity contribution in [2.45, 2.75) is 56.1 Å². The standard InChI is InChI=1S/C16H22FNO3S/c1-12(16(19)18-15-5-3-2-4-6-15)22(20,21)11-13-7-9-14(17)10-8-13/h7-10,12,15H,2-6,11H2,1H3,(H,18,19). The average molecular weight is 327 g/mol. The molecular weight excluding hydrogens is 305 g/mol. The Hall–Kier alpha value is -1.43. The number of sulfone groups is 1. The van der Waals surface area contributed by atoms with Crippen LogP contribution < -0.4 is 5.32 Å². The number of carbonyl (C=O) groups is 1. The van der Waals surface area contributed by atoms with Gasteiger partial charge in [-0.15, -0.1) is 0 Å². The number of rotatable bonds is 5. The summed E-state index contributed by atoms with van der Waals surface area (Å²) in [6.45, 7) is 1.41. The van der Waals surface area contributed by atoms with E-state index in [1.165, 1.54) is 37.6 Å². The molecule has 0 spiro atoms. The molecule has 1 aromatic rings. The summed E-state index contributed by atoms with van der Waals surface area (Å²) in [5, 5.41) is 1.74. The fourth-order valence-corrected chi connectivity index (χ4v) is 3.97. The Balaban J connectivity index is 1.97. The van der Waals surface area contributed by atoms with Gasteiger partial charge in [0.25, 0.3) is 0 Å². The Morgan fingerprint density at radius 2 is 1.82 bits per heavy atom. The van der Waals surface area contributed by atoms with Crippen molar-refractivity contribution < 1.29 is 17.6 Å². The third kappa shape index (κ3) is 4.53. The maximum Gasteiger partial charge on any atom is 0.238 e. The quantitative estimate of drug-likeness (QED) is 0.904. The molecule has 6 heteroatoms. The van der Waals surface area contributed by atoms with Gasteiger partial charge in [0.1, 0.15) is 11.1 Å². The molecule has 0 saturated heterocycles. The minimum absolute atomic E-state index is 0.0877. The Morgan fingerprint density at radius 1 is 1.23 bits per heavy atom. The van der Waals surface area contributed by atoms with Gasteiger partial charge in [-0.3, -0.25) is 4.79 Å². The van der Waals surface area contributed by atoms with E-state index in [1.54, 1.807) is 0 Å². The van der Waals surface area contributed by atoms with E-state index in [1.807, 2.05) is 0 Å². The lowest BCUT2D eigenvalue weighted by Crippen LogP contribution is -2.44. The second-order valence-electron chi connectivity index (χ2n) is 5.92. The predicted octanol–water partition coefficient (Wildman–Crippen LogP) is 2.58. The van der Waals surface area contributed by atoms with Gasteiger partial charge < -0.3 is 5.32 Å². The SMILES string of the molecule is CC(C(=O)NC1CCCCC1)S(=O)(=O)Cc1ccc(F)cc1. The molecule has 1 atom stereocenters. The molecule has 122 valence electrons. The molecule has 1 fully saturated rings. The van der Waals surface area contributed by atoms with Gasteiger partial charge in [0, 0.05) is 6.04 Å². The highest BCUT2D eigenvalue weighted by molar-refractivity contribution is 7.92. The van der Waals surface area contributed by atoms with Crippen molar-refractivity contribution in [3.05, 3.63) is 35.6 Å². The van der Waals surface area contributed by atoms with Crippen molar-refractivity contribution in [1.82, 2.24) is 5.32 Å². The van der Waals surface area contributed by atoms with Crippen LogP contribution in [0.4, 0.5) is 4.39 Å². The second kappa shape index (κ2) is 7.22. The van der Waals surface area contributed by atoms with E-state index in [0.717, 1.165) is 25.7 Å². The first-order valence-corrected chi connectivity index (χ1v) is 9.36. The number of amides is 1. The summed E-state index contributed by atoms with van der Waals surface area (Å²) in [7, 11) is -3.61. The molecule has 1 saturated carbocycles. The third-order valence-electron chi connectivity index (χ3n) is 4.14. The molecule has 1 unspecified atom stereocenters. The van der Waals surface area contributed by atoms with Crippen molar-refractivity contribution in [1.29, 1.82) is 0 Å². The maximum absolute atomic E-state index is 12.9. The largest absolute Gasteiger partial charge is 0.352 e.